The molecule has 0 amide bonds. The molecule has 0 bridgehead atoms. The maximum Gasteiger partial charge on any atom is 0.416 e. The van der Waals surface area contributed by atoms with E-state index in [2.05, 4.69) is 0 Å². The van der Waals surface area contributed by atoms with Gasteiger partial charge >= 0.3 is 6.18 Å². The molecule has 4 heteroatoms. The van der Waals surface area contributed by atoms with Crippen molar-refractivity contribution in [2.45, 2.75) is 25.6 Å². The van der Waals surface area contributed by atoms with Crippen molar-refractivity contribution in [1.82, 2.24) is 0 Å². The third-order valence-corrected chi connectivity index (χ3v) is 1.86. The number of nitrogens with two attached hydrogens (primary N) is 1. The maximum atomic E-state index is 12.5. The van der Waals surface area contributed by atoms with Crippen LogP contribution in [0.3, 0.4) is 0 Å². The number of hydrogen-bond donors (Lipinski definition) is 1. The lowest BCUT2D eigenvalue weighted by atomic mass is 10.0. The number of benzene rings is 1. The van der Waals surface area contributed by atoms with E-state index < -0.39 is 11.7 Å². The lowest BCUT2D eigenvalue weighted by Gasteiger charge is -2.13. The molecule has 0 unspecified atom stereocenters. The summed E-state index contributed by atoms with van der Waals surface area (Å²) in [5.41, 5.74) is 5.14. The maximum absolute atomic E-state index is 12.5. The van der Waals surface area contributed by atoms with Gasteiger partial charge in [-0.1, -0.05) is 18.2 Å². The highest BCUT2D eigenvalue weighted by Gasteiger charge is 2.32. The highest BCUT2D eigenvalue weighted by atomic mass is 19.4. The molecule has 0 spiro atoms. The van der Waals surface area contributed by atoms with Crippen molar-refractivity contribution in [3.05, 3.63) is 35.4 Å². The molecule has 14 heavy (non-hydrogen) atoms. The third-order valence-electron chi connectivity index (χ3n) is 1.86. The summed E-state index contributed by atoms with van der Waals surface area (Å²) < 4.78 is 37.4. The van der Waals surface area contributed by atoms with Gasteiger partial charge in [-0.3, -0.25) is 0 Å². The summed E-state index contributed by atoms with van der Waals surface area (Å²) in [6, 6.07) is 5.25. The Bertz CT molecular complexity index is 304. The Labute approximate surface area is 80.7 Å². The zero-order chi connectivity index (χ0) is 10.8. The molecule has 0 saturated heterocycles. The van der Waals surface area contributed by atoms with Crippen molar-refractivity contribution in [3.8, 4) is 0 Å². The third kappa shape index (κ3) is 2.73. The summed E-state index contributed by atoms with van der Waals surface area (Å²) in [7, 11) is 0. The summed E-state index contributed by atoms with van der Waals surface area (Å²) >= 11 is 0. The summed E-state index contributed by atoms with van der Waals surface area (Å²) in [6.45, 7) is 1.69. The van der Waals surface area contributed by atoms with Gasteiger partial charge in [0.2, 0.25) is 0 Å². The zero-order valence-corrected chi connectivity index (χ0v) is 7.81. The molecule has 0 aromatic heterocycles. The van der Waals surface area contributed by atoms with E-state index in [1.807, 2.05) is 0 Å². The van der Waals surface area contributed by atoms with Crippen molar-refractivity contribution in [2.24, 2.45) is 5.73 Å². The van der Waals surface area contributed by atoms with Gasteiger partial charge in [0.25, 0.3) is 0 Å². The highest BCUT2D eigenvalue weighted by molar-refractivity contribution is 5.30. The van der Waals surface area contributed by atoms with Gasteiger partial charge in [0.1, 0.15) is 0 Å². The van der Waals surface area contributed by atoms with E-state index in [1.165, 1.54) is 12.1 Å². The van der Waals surface area contributed by atoms with Crippen LogP contribution in [-0.2, 0) is 12.6 Å². The van der Waals surface area contributed by atoms with Gasteiger partial charge < -0.3 is 5.73 Å². The zero-order valence-electron chi connectivity index (χ0n) is 7.81. The van der Waals surface area contributed by atoms with Gasteiger partial charge in [-0.25, -0.2) is 0 Å². The van der Waals surface area contributed by atoms with Crippen molar-refractivity contribution in [2.75, 3.05) is 0 Å². The molecule has 1 rings (SSSR count). The number of hydrogen-bond acceptors (Lipinski definition) is 1. The number of halogens is 3. The fourth-order valence-corrected chi connectivity index (χ4v) is 1.32. The first-order valence-electron chi connectivity index (χ1n) is 4.32. The quantitative estimate of drug-likeness (QED) is 0.785. The predicted octanol–water partition coefficient (Wildman–Crippen LogP) is 2.60. The monoisotopic (exact) mass is 203 g/mol. The average Bonchev–Trinajstić information content (AvgIpc) is 2.01. The molecule has 0 aliphatic heterocycles. The van der Waals surface area contributed by atoms with Gasteiger partial charge in [-0.05, 0) is 25.0 Å². The molecule has 2 N–H and O–H groups in total. The van der Waals surface area contributed by atoms with Crippen LogP contribution in [0.1, 0.15) is 18.1 Å². The molecule has 1 aromatic carbocycles. The normalized spacial score (nSPS) is 14.1. The van der Waals surface area contributed by atoms with Crippen LogP contribution >= 0.6 is 0 Å². The predicted molar refractivity (Wildman–Crippen MR) is 48.8 cm³/mol. The molecule has 1 nitrogen and oxygen atoms in total. The van der Waals surface area contributed by atoms with E-state index in [0.717, 1.165) is 6.07 Å². The van der Waals surface area contributed by atoms with Crippen molar-refractivity contribution < 1.29 is 13.2 Å². The standard InChI is InChI=1S/C10H12F3N/c1-7(14)6-8-4-2-3-5-9(8)10(11,12)13/h2-5,7H,6,14H2,1H3/t7-/m1/s1. The van der Waals surface area contributed by atoms with E-state index in [1.54, 1.807) is 13.0 Å². The summed E-state index contributed by atoms with van der Waals surface area (Å²) in [6.07, 6.45) is -4.04. The molecule has 0 saturated carbocycles. The molecular weight excluding hydrogens is 191 g/mol. The fraction of sp³-hybridized carbons (Fsp3) is 0.400. The second-order valence-corrected chi connectivity index (χ2v) is 3.34. The van der Waals surface area contributed by atoms with Crippen LogP contribution in [0.25, 0.3) is 0 Å². The van der Waals surface area contributed by atoms with Crippen LogP contribution in [0.15, 0.2) is 24.3 Å². The molecule has 0 heterocycles. The van der Waals surface area contributed by atoms with Gasteiger partial charge in [-0.2, -0.15) is 13.2 Å². The van der Waals surface area contributed by atoms with Crippen molar-refractivity contribution in [1.29, 1.82) is 0 Å². The molecule has 0 fully saturated rings. The van der Waals surface area contributed by atoms with Crippen LogP contribution in [0.2, 0.25) is 0 Å². The minimum atomic E-state index is -4.29. The van der Waals surface area contributed by atoms with Crippen molar-refractivity contribution >= 4 is 0 Å². The number of rotatable bonds is 2. The molecule has 0 radical (unpaired) electrons. The van der Waals surface area contributed by atoms with E-state index in [-0.39, 0.29) is 18.0 Å². The second kappa shape index (κ2) is 4.00. The minimum absolute atomic E-state index is 0.246. The first-order chi connectivity index (χ1) is 6.41. The van der Waals surface area contributed by atoms with Gasteiger partial charge in [0, 0.05) is 6.04 Å². The smallest absolute Gasteiger partial charge is 0.328 e. The molecule has 1 aromatic rings. The van der Waals surface area contributed by atoms with Gasteiger partial charge in [-0.15, -0.1) is 0 Å². The fourth-order valence-electron chi connectivity index (χ4n) is 1.32. The minimum Gasteiger partial charge on any atom is -0.328 e. The SMILES string of the molecule is C[C@@H](N)Cc1ccccc1C(F)(F)F. The Hall–Kier alpha value is -1.03. The van der Waals surface area contributed by atoms with E-state index in [0.29, 0.717) is 0 Å². The van der Waals surface area contributed by atoms with E-state index in [9.17, 15) is 13.2 Å². The Morgan fingerprint density at radius 3 is 2.36 bits per heavy atom. The molecule has 1 atom stereocenters. The molecule has 0 aliphatic rings. The summed E-state index contributed by atoms with van der Waals surface area (Å²) in [5, 5.41) is 0. The Morgan fingerprint density at radius 2 is 1.86 bits per heavy atom. The molecule has 0 aliphatic carbocycles. The topological polar surface area (TPSA) is 26.0 Å². The van der Waals surface area contributed by atoms with E-state index >= 15 is 0 Å². The van der Waals surface area contributed by atoms with Crippen LogP contribution < -0.4 is 5.73 Å². The lowest BCUT2D eigenvalue weighted by molar-refractivity contribution is -0.138. The Balaban J connectivity index is 3.04. The molecular formula is C10H12F3N. The van der Waals surface area contributed by atoms with Crippen LogP contribution in [0.4, 0.5) is 13.2 Å². The first kappa shape index (κ1) is 11.0. The Morgan fingerprint density at radius 1 is 1.29 bits per heavy atom. The largest absolute Gasteiger partial charge is 0.416 e. The van der Waals surface area contributed by atoms with E-state index in [4.69, 9.17) is 5.73 Å². The van der Waals surface area contributed by atoms with Gasteiger partial charge in [0.05, 0.1) is 5.56 Å². The lowest BCUT2D eigenvalue weighted by Crippen LogP contribution is -2.20. The highest BCUT2D eigenvalue weighted by Crippen LogP contribution is 2.32. The van der Waals surface area contributed by atoms with Crippen molar-refractivity contribution in [3.63, 3.8) is 0 Å². The Kier molecular flexibility index (Phi) is 3.16. The summed E-state index contributed by atoms with van der Waals surface area (Å²) in [5.74, 6) is 0. The first-order valence-corrected chi connectivity index (χ1v) is 4.32. The van der Waals surface area contributed by atoms with Gasteiger partial charge in [0.15, 0.2) is 0 Å². The van der Waals surface area contributed by atoms with Crippen LogP contribution in [0.5, 0.6) is 0 Å². The second-order valence-electron chi connectivity index (χ2n) is 3.34. The number of alkyl halides is 3. The van der Waals surface area contributed by atoms with Crippen LogP contribution in [-0.4, -0.2) is 6.04 Å². The van der Waals surface area contributed by atoms with Crippen LogP contribution in [0, 0.1) is 0 Å². The summed E-state index contributed by atoms with van der Waals surface area (Å²) in [4.78, 5) is 0. The molecule has 78 valence electrons. The average molecular weight is 203 g/mol.